The number of hydrogen-bond donors (Lipinski definition) is 0. The molecule has 2 aliphatic rings. The first-order valence-electron chi connectivity index (χ1n) is 8.09. The van der Waals surface area contributed by atoms with Crippen molar-refractivity contribution in [2.24, 2.45) is 0 Å². The van der Waals surface area contributed by atoms with Crippen molar-refractivity contribution in [3.8, 4) is 0 Å². The Hall–Kier alpha value is -1.13. The summed E-state index contributed by atoms with van der Waals surface area (Å²) in [5, 5.41) is 0. The predicted octanol–water partition coefficient (Wildman–Crippen LogP) is 3.80. The summed E-state index contributed by atoms with van der Waals surface area (Å²) in [6.45, 7) is 9.10. The molecule has 4 heteroatoms. The zero-order valence-corrected chi connectivity index (χ0v) is 14.8. The number of allylic oxidation sites excluding steroid dienone is 1. The van der Waals surface area contributed by atoms with Crippen molar-refractivity contribution in [2.75, 3.05) is 13.1 Å². The highest BCUT2D eigenvalue weighted by Gasteiger charge is 2.32. The van der Waals surface area contributed by atoms with E-state index in [4.69, 9.17) is 0 Å². The summed E-state index contributed by atoms with van der Waals surface area (Å²) in [7, 11) is -3.39. The maximum atomic E-state index is 13.1. The standard InChI is InChI=1S/C18H25NO2S/c1-12-11-13(2)15(4)18(14(12)3)22(20,21)19-9-7-17(8-10-19)16-5-6-16/h11H,5-10H2,1-4H3. The van der Waals surface area contributed by atoms with Crippen LogP contribution in [0.3, 0.4) is 0 Å². The lowest BCUT2D eigenvalue weighted by atomic mass is 10.0. The molecule has 0 atom stereocenters. The van der Waals surface area contributed by atoms with Crippen LogP contribution in [0.5, 0.6) is 0 Å². The van der Waals surface area contributed by atoms with E-state index in [0.29, 0.717) is 18.0 Å². The highest BCUT2D eigenvalue weighted by atomic mass is 32.2. The molecule has 1 aromatic carbocycles. The van der Waals surface area contributed by atoms with Gasteiger partial charge in [-0.05, 0) is 75.6 Å². The molecule has 1 aromatic rings. The van der Waals surface area contributed by atoms with E-state index in [9.17, 15) is 8.42 Å². The lowest BCUT2D eigenvalue weighted by Crippen LogP contribution is -2.37. The van der Waals surface area contributed by atoms with Crippen molar-refractivity contribution in [2.45, 2.75) is 58.3 Å². The number of rotatable bonds is 2. The van der Waals surface area contributed by atoms with E-state index in [0.717, 1.165) is 35.1 Å². The molecular formula is C18H25NO2S. The molecule has 3 nitrogen and oxygen atoms in total. The second kappa shape index (κ2) is 5.50. The van der Waals surface area contributed by atoms with Crippen LogP contribution in [-0.4, -0.2) is 25.8 Å². The third-order valence-corrected chi connectivity index (χ3v) is 7.39. The molecule has 0 N–H and O–H groups in total. The lowest BCUT2D eigenvalue weighted by Gasteiger charge is -2.29. The first kappa shape index (κ1) is 15.8. The molecule has 120 valence electrons. The van der Waals surface area contributed by atoms with Gasteiger partial charge >= 0.3 is 0 Å². The van der Waals surface area contributed by atoms with Crippen LogP contribution in [0.4, 0.5) is 0 Å². The summed E-state index contributed by atoms with van der Waals surface area (Å²) in [5.74, 6) is 0. The molecule has 0 spiro atoms. The molecule has 0 aromatic heterocycles. The van der Waals surface area contributed by atoms with Gasteiger partial charge in [0.1, 0.15) is 0 Å². The average Bonchev–Trinajstić information content (AvgIpc) is 3.30. The van der Waals surface area contributed by atoms with Gasteiger partial charge in [-0.3, -0.25) is 0 Å². The van der Waals surface area contributed by atoms with Crippen LogP contribution < -0.4 is 0 Å². The molecule has 3 rings (SSSR count). The summed E-state index contributed by atoms with van der Waals surface area (Å²) in [4.78, 5) is 0.535. The molecule has 0 unspecified atom stereocenters. The summed E-state index contributed by atoms with van der Waals surface area (Å²) in [6, 6.07) is 2.08. The Kier molecular flexibility index (Phi) is 3.94. The average molecular weight is 319 g/mol. The van der Waals surface area contributed by atoms with E-state index in [1.807, 2.05) is 27.7 Å². The SMILES string of the molecule is Cc1cc(C)c(C)c(S(=O)(=O)N2CCC(=C3CC3)CC2)c1C. The first-order chi connectivity index (χ1) is 10.3. The van der Waals surface area contributed by atoms with Crippen molar-refractivity contribution < 1.29 is 8.42 Å². The highest BCUT2D eigenvalue weighted by molar-refractivity contribution is 7.89. The van der Waals surface area contributed by atoms with Gasteiger partial charge in [-0.25, -0.2) is 8.42 Å². The number of benzene rings is 1. The molecule has 1 saturated carbocycles. The van der Waals surface area contributed by atoms with E-state index < -0.39 is 10.0 Å². The minimum Gasteiger partial charge on any atom is -0.207 e. The molecule has 1 heterocycles. The minimum atomic E-state index is -3.39. The van der Waals surface area contributed by atoms with Crippen LogP contribution in [0.25, 0.3) is 0 Å². The number of aryl methyl sites for hydroxylation is 2. The Balaban J connectivity index is 1.96. The van der Waals surface area contributed by atoms with Crippen LogP contribution in [0.2, 0.25) is 0 Å². The summed E-state index contributed by atoms with van der Waals surface area (Å²) < 4.78 is 28.0. The summed E-state index contributed by atoms with van der Waals surface area (Å²) in [5.41, 5.74) is 7.00. The fourth-order valence-corrected chi connectivity index (χ4v) is 5.48. The Morgan fingerprint density at radius 1 is 0.818 bits per heavy atom. The fraction of sp³-hybridized carbons (Fsp3) is 0.556. The zero-order chi connectivity index (χ0) is 16.1. The highest BCUT2D eigenvalue weighted by Crippen LogP contribution is 2.37. The smallest absolute Gasteiger partial charge is 0.207 e. The molecule has 1 aliphatic carbocycles. The molecule has 2 fully saturated rings. The third-order valence-electron chi connectivity index (χ3n) is 5.22. The van der Waals surface area contributed by atoms with E-state index in [1.54, 1.807) is 9.88 Å². The lowest BCUT2D eigenvalue weighted by molar-refractivity contribution is 0.385. The minimum absolute atomic E-state index is 0.535. The second-order valence-corrected chi connectivity index (χ2v) is 8.58. The maximum Gasteiger partial charge on any atom is 0.243 e. The van der Waals surface area contributed by atoms with Gasteiger partial charge in [-0.2, -0.15) is 4.31 Å². The zero-order valence-electron chi connectivity index (χ0n) is 14.0. The van der Waals surface area contributed by atoms with Crippen molar-refractivity contribution in [1.29, 1.82) is 0 Å². The van der Waals surface area contributed by atoms with E-state index >= 15 is 0 Å². The largest absolute Gasteiger partial charge is 0.243 e. The van der Waals surface area contributed by atoms with E-state index in [1.165, 1.54) is 18.4 Å². The van der Waals surface area contributed by atoms with Crippen LogP contribution in [0, 0.1) is 27.7 Å². The van der Waals surface area contributed by atoms with E-state index in [2.05, 4.69) is 6.07 Å². The molecule has 0 bridgehead atoms. The normalized spacial score (nSPS) is 19.6. The van der Waals surface area contributed by atoms with Gasteiger partial charge < -0.3 is 0 Å². The number of nitrogens with zero attached hydrogens (tertiary/aromatic N) is 1. The van der Waals surface area contributed by atoms with Gasteiger partial charge in [0.2, 0.25) is 10.0 Å². The van der Waals surface area contributed by atoms with Crippen molar-refractivity contribution in [3.05, 3.63) is 39.5 Å². The van der Waals surface area contributed by atoms with Gasteiger partial charge in [-0.15, -0.1) is 0 Å². The monoisotopic (exact) mass is 319 g/mol. The Bertz CT molecular complexity index is 718. The molecule has 0 amide bonds. The Labute approximate surface area is 134 Å². The van der Waals surface area contributed by atoms with Crippen molar-refractivity contribution in [1.82, 2.24) is 4.31 Å². The van der Waals surface area contributed by atoms with Gasteiger partial charge in [-0.1, -0.05) is 17.2 Å². The van der Waals surface area contributed by atoms with Gasteiger partial charge in [0.05, 0.1) is 4.90 Å². The quantitative estimate of drug-likeness (QED) is 0.778. The van der Waals surface area contributed by atoms with Gasteiger partial charge in [0.15, 0.2) is 0 Å². The van der Waals surface area contributed by atoms with Crippen LogP contribution in [-0.2, 0) is 10.0 Å². The van der Waals surface area contributed by atoms with Crippen molar-refractivity contribution in [3.63, 3.8) is 0 Å². The number of hydrogen-bond acceptors (Lipinski definition) is 2. The van der Waals surface area contributed by atoms with Crippen LogP contribution in [0.15, 0.2) is 22.1 Å². The predicted molar refractivity (Wildman–Crippen MR) is 89.6 cm³/mol. The van der Waals surface area contributed by atoms with Crippen LogP contribution in [0.1, 0.15) is 47.9 Å². The molecule has 22 heavy (non-hydrogen) atoms. The van der Waals surface area contributed by atoms with Gasteiger partial charge in [0.25, 0.3) is 0 Å². The number of piperidine rings is 1. The van der Waals surface area contributed by atoms with Crippen molar-refractivity contribution >= 4 is 10.0 Å². The third kappa shape index (κ3) is 2.63. The fourth-order valence-electron chi connectivity index (χ4n) is 3.46. The number of sulfonamides is 1. The summed E-state index contributed by atoms with van der Waals surface area (Å²) >= 11 is 0. The molecule has 1 saturated heterocycles. The Morgan fingerprint density at radius 3 is 1.73 bits per heavy atom. The van der Waals surface area contributed by atoms with Crippen LogP contribution >= 0.6 is 0 Å². The van der Waals surface area contributed by atoms with E-state index in [-0.39, 0.29) is 0 Å². The molecular weight excluding hydrogens is 294 g/mol. The topological polar surface area (TPSA) is 37.4 Å². The second-order valence-electron chi connectivity index (χ2n) is 6.70. The first-order valence-corrected chi connectivity index (χ1v) is 9.53. The molecule has 1 aliphatic heterocycles. The maximum absolute atomic E-state index is 13.1. The molecule has 0 radical (unpaired) electrons. The Morgan fingerprint density at radius 2 is 1.27 bits per heavy atom. The summed E-state index contributed by atoms with van der Waals surface area (Å²) in [6.07, 6.45) is 4.30. The van der Waals surface area contributed by atoms with Gasteiger partial charge in [0, 0.05) is 13.1 Å².